The summed E-state index contributed by atoms with van der Waals surface area (Å²) in [4.78, 5) is 10.5. The molecule has 0 spiro atoms. The number of carbonyl (C=O) groups excluding carboxylic acids is 1. The summed E-state index contributed by atoms with van der Waals surface area (Å²) in [5.74, 6) is -1.22. The summed E-state index contributed by atoms with van der Waals surface area (Å²) in [7, 11) is 1.34. The molecular formula is C9H9NaO3. The SMILES string of the molecule is CO[C@@H](C(=O)[O-])c1ccccc1.[Na+]. The van der Waals surface area contributed by atoms with Crippen LogP contribution in [0, 0.1) is 0 Å². The number of methoxy groups -OCH3 is 1. The maximum Gasteiger partial charge on any atom is 1.00 e. The summed E-state index contributed by atoms with van der Waals surface area (Å²) in [5, 5.41) is 10.5. The minimum Gasteiger partial charge on any atom is -0.547 e. The van der Waals surface area contributed by atoms with Crippen molar-refractivity contribution in [2.45, 2.75) is 6.10 Å². The van der Waals surface area contributed by atoms with Crippen LogP contribution in [0.1, 0.15) is 11.7 Å². The van der Waals surface area contributed by atoms with Gasteiger partial charge in [0.1, 0.15) is 6.10 Å². The molecule has 3 nitrogen and oxygen atoms in total. The number of carbonyl (C=O) groups is 1. The molecule has 1 aromatic carbocycles. The molecule has 0 fully saturated rings. The summed E-state index contributed by atoms with van der Waals surface area (Å²) in [6, 6.07) is 8.69. The van der Waals surface area contributed by atoms with Crippen LogP contribution in [0.2, 0.25) is 0 Å². The Morgan fingerprint density at radius 3 is 2.31 bits per heavy atom. The van der Waals surface area contributed by atoms with Crippen LogP contribution in [-0.2, 0) is 9.53 Å². The number of hydrogen-bond donors (Lipinski definition) is 0. The van der Waals surface area contributed by atoms with Crippen molar-refractivity contribution in [3.05, 3.63) is 35.9 Å². The molecule has 0 amide bonds. The first-order valence-corrected chi connectivity index (χ1v) is 3.54. The molecule has 0 aliphatic heterocycles. The molecule has 0 unspecified atom stereocenters. The first kappa shape index (κ1) is 12.7. The third kappa shape index (κ3) is 3.48. The predicted molar refractivity (Wildman–Crippen MR) is 41.2 cm³/mol. The van der Waals surface area contributed by atoms with Crippen LogP contribution in [0.5, 0.6) is 0 Å². The number of ether oxygens (including phenoxy) is 1. The van der Waals surface area contributed by atoms with E-state index in [4.69, 9.17) is 4.74 Å². The van der Waals surface area contributed by atoms with Crippen molar-refractivity contribution in [2.24, 2.45) is 0 Å². The largest absolute Gasteiger partial charge is 1.00 e. The molecule has 0 saturated heterocycles. The zero-order valence-electron chi connectivity index (χ0n) is 7.69. The van der Waals surface area contributed by atoms with Gasteiger partial charge in [0, 0.05) is 7.11 Å². The monoisotopic (exact) mass is 188 g/mol. The van der Waals surface area contributed by atoms with Gasteiger partial charge in [-0.3, -0.25) is 0 Å². The van der Waals surface area contributed by atoms with Gasteiger partial charge in [0.2, 0.25) is 0 Å². The van der Waals surface area contributed by atoms with Crippen molar-refractivity contribution < 1.29 is 44.2 Å². The number of carboxylic acids is 1. The van der Waals surface area contributed by atoms with Crippen LogP contribution in [0.4, 0.5) is 0 Å². The van der Waals surface area contributed by atoms with Gasteiger partial charge in [-0.15, -0.1) is 0 Å². The zero-order chi connectivity index (χ0) is 8.97. The summed E-state index contributed by atoms with van der Waals surface area (Å²) >= 11 is 0. The summed E-state index contributed by atoms with van der Waals surface area (Å²) in [6.45, 7) is 0. The van der Waals surface area contributed by atoms with Crippen LogP contribution in [-0.4, -0.2) is 13.1 Å². The molecule has 0 aliphatic carbocycles. The minimum absolute atomic E-state index is 0. The Balaban J connectivity index is 0.00000144. The standard InChI is InChI=1S/C9H10O3.Na/c1-12-8(9(10)11)7-5-3-2-4-6-7;/h2-6,8H,1H3,(H,10,11);/q;+1/p-1/t8-;/m1./s1. The van der Waals surface area contributed by atoms with Crippen LogP contribution in [0.15, 0.2) is 30.3 Å². The van der Waals surface area contributed by atoms with E-state index in [9.17, 15) is 9.90 Å². The van der Waals surface area contributed by atoms with Gasteiger partial charge in [-0.1, -0.05) is 30.3 Å². The number of hydrogen-bond acceptors (Lipinski definition) is 3. The normalized spacial score (nSPS) is 11.5. The van der Waals surface area contributed by atoms with Gasteiger partial charge in [-0.25, -0.2) is 0 Å². The van der Waals surface area contributed by atoms with Gasteiger partial charge < -0.3 is 14.6 Å². The second kappa shape index (κ2) is 6.16. The van der Waals surface area contributed by atoms with Crippen molar-refractivity contribution >= 4 is 5.97 Å². The smallest absolute Gasteiger partial charge is 0.547 e. The first-order chi connectivity index (χ1) is 5.75. The second-order valence-corrected chi connectivity index (χ2v) is 2.35. The molecular weight excluding hydrogens is 179 g/mol. The third-order valence-electron chi connectivity index (χ3n) is 1.55. The molecule has 0 radical (unpaired) electrons. The Bertz CT molecular complexity index is 261. The Morgan fingerprint density at radius 2 is 1.92 bits per heavy atom. The second-order valence-electron chi connectivity index (χ2n) is 2.35. The van der Waals surface area contributed by atoms with E-state index in [-0.39, 0.29) is 29.6 Å². The molecule has 0 N–H and O–H groups in total. The van der Waals surface area contributed by atoms with Gasteiger partial charge in [0.15, 0.2) is 0 Å². The van der Waals surface area contributed by atoms with E-state index in [1.807, 2.05) is 6.07 Å². The van der Waals surface area contributed by atoms with Crippen LogP contribution in [0.3, 0.4) is 0 Å². The molecule has 0 bridgehead atoms. The molecule has 0 saturated carbocycles. The van der Waals surface area contributed by atoms with Gasteiger partial charge >= 0.3 is 29.6 Å². The molecule has 1 atom stereocenters. The number of rotatable bonds is 3. The average molecular weight is 188 g/mol. The maximum atomic E-state index is 10.5. The molecule has 0 heterocycles. The van der Waals surface area contributed by atoms with E-state index in [1.165, 1.54) is 7.11 Å². The van der Waals surface area contributed by atoms with Gasteiger partial charge in [-0.2, -0.15) is 0 Å². The Morgan fingerprint density at radius 1 is 1.38 bits per heavy atom. The van der Waals surface area contributed by atoms with E-state index < -0.39 is 12.1 Å². The van der Waals surface area contributed by atoms with E-state index in [0.29, 0.717) is 5.56 Å². The first-order valence-electron chi connectivity index (χ1n) is 3.54. The van der Waals surface area contributed by atoms with Crippen molar-refractivity contribution in [3.63, 3.8) is 0 Å². The van der Waals surface area contributed by atoms with Gasteiger partial charge in [-0.05, 0) is 5.56 Å². The number of benzene rings is 1. The molecule has 64 valence electrons. The quantitative estimate of drug-likeness (QED) is 0.479. The Kier molecular flexibility index (Phi) is 5.99. The maximum absolute atomic E-state index is 10.5. The fraction of sp³-hybridized carbons (Fsp3) is 0.222. The fourth-order valence-electron chi connectivity index (χ4n) is 0.996. The molecule has 4 heteroatoms. The van der Waals surface area contributed by atoms with Crippen LogP contribution < -0.4 is 34.7 Å². The third-order valence-corrected chi connectivity index (χ3v) is 1.55. The summed E-state index contributed by atoms with van der Waals surface area (Å²) in [5.41, 5.74) is 0.597. The van der Waals surface area contributed by atoms with Crippen LogP contribution >= 0.6 is 0 Å². The minimum atomic E-state index is -1.22. The fourth-order valence-corrected chi connectivity index (χ4v) is 0.996. The van der Waals surface area contributed by atoms with Crippen molar-refractivity contribution in [1.82, 2.24) is 0 Å². The van der Waals surface area contributed by atoms with E-state index in [0.717, 1.165) is 0 Å². The topological polar surface area (TPSA) is 49.4 Å². The van der Waals surface area contributed by atoms with Crippen molar-refractivity contribution in [3.8, 4) is 0 Å². The summed E-state index contributed by atoms with van der Waals surface area (Å²) < 4.78 is 4.74. The Hall–Kier alpha value is -0.350. The molecule has 0 aromatic heterocycles. The molecule has 1 rings (SSSR count). The molecule has 0 aliphatic rings. The predicted octanol–water partition coefficient (Wildman–Crippen LogP) is -2.87. The van der Waals surface area contributed by atoms with Crippen molar-refractivity contribution in [2.75, 3.05) is 7.11 Å². The Labute approximate surface area is 99.0 Å². The van der Waals surface area contributed by atoms with E-state index >= 15 is 0 Å². The van der Waals surface area contributed by atoms with Crippen LogP contribution in [0.25, 0.3) is 0 Å². The number of carboxylic acid groups (broad SMARTS) is 1. The van der Waals surface area contributed by atoms with Gasteiger partial charge in [0.25, 0.3) is 0 Å². The molecule has 1 aromatic rings. The van der Waals surface area contributed by atoms with E-state index in [1.54, 1.807) is 24.3 Å². The number of aliphatic carboxylic acids is 1. The summed E-state index contributed by atoms with van der Waals surface area (Å²) in [6.07, 6.45) is -0.966. The van der Waals surface area contributed by atoms with Gasteiger partial charge in [0.05, 0.1) is 5.97 Å². The van der Waals surface area contributed by atoms with E-state index in [2.05, 4.69) is 0 Å². The van der Waals surface area contributed by atoms with Crippen molar-refractivity contribution in [1.29, 1.82) is 0 Å². The zero-order valence-corrected chi connectivity index (χ0v) is 9.69. The molecule has 13 heavy (non-hydrogen) atoms. The average Bonchev–Trinajstić information content (AvgIpc) is 2.07.